The van der Waals surface area contributed by atoms with Gasteiger partial charge in [0.25, 0.3) is 0 Å². The molecule has 2 N–H and O–H groups in total. The Morgan fingerprint density at radius 1 is 1.73 bits per heavy atom. The summed E-state index contributed by atoms with van der Waals surface area (Å²) in [6.45, 7) is 1.92. The van der Waals surface area contributed by atoms with Gasteiger partial charge < -0.3 is 9.84 Å². The lowest BCUT2D eigenvalue weighted by Gasteiger charge is -2.11. The van der Waals surface area contributed by atoms with Crippen molar-refractivity contribution in [2.24, 2.45) is 0 Å². The van der Waals surface area contributed by atoms with Gasteiger partial charge >= 0.3 is 5.97 Å². The fourth-order valence-electron chi connectivity index (χ4n) is 1.34. The van der Waals surface area contributed by atoms with Crippen LogP contribution in [0.4, 0.5) is 0 Å². The molecule has 0 amide bonds. The molecule has 1 saturated heterocycles. The van der Waals surface area contributed by atoms with E-state index in [1.54, 1.807) is 0 Å². The van der Waals surface area contributed by atoms with E-state index in [-0.39, 0.29) is 12.0 Å². The standard InChI is InChI=1S/C7H13NO3/c1-4-3-5(9)6(8-4)7(10)11-2/h4-6,8-9H,3H2,1-2H3/t4-,5+,6+/m1/s1. The fraction of sp³-hybridized carbons (Fsp3) is 0.857. The van der Waals surface area contributed by atoms with Crippen molar-refractivity contribution >= 4 is 5.97 Å². The van der Waals surface area contributed by atoms with Crippen molar-refractivity contribution in [1.29, 1.82) is 0 Å². The van der Waals surface area contributed by atoms with E-state index in [4.69, 9.17) is 0 Å². The molecule has 0 unspecified atom stereocenters. The minimum Gasteiger partial charge on any atom is -0.468 e. The van der Waals surface area contributed by atoms with Gasteiger partial charge in [-0.2, -0.15) is 0 Å². The van der Waals surface area contributed by atoms with E-state index >= 15 is 0 Å². The highest BCUT2D eigenvalue weighted by molar-refractivity contribution is 5.76. The Balaban J connectivity index is 2.52. The van der Waals surface area contributed by atoms with Gasteiger partial charge in [-0.25, -0.2) is 0 Å². The Labute approximate surface area is 65.5 Å². The normalized spacial score (nSPS) is 37.2. The van der Waals surface area contributed by atoms with E-state index in [0.717, 1.165) is 0 Å². The lowest BCUT2D eigenvalue weighted by Crippen LogP contribution is -2.40. The zero-order valence-corrected chi connectivity index (χ0v) is 6.70. The first-order chi connectivity index (χ1) is 5.15. The van der Waals surface area contributed by atoms with E-state index in [1.807, 2.05) is 6.92 Å². The largest absolute Gasteiger partial charge is 0.468 e. The number of ether oxygens (including phenoxy) is 1. The minimum atomic E-state index is -0.600. The summed E-state index contributed by atoms with van der Waals surface area (Å²) in [6.07, 6.45) is 0.0113. The lowest BCUT2D eigenvalue weighted by atomic mass is 10.1. The molecule has 11 heavy (non-hydrogen) atoms. The van der Waals surface area contributed by atoms with Gasteiger partial charge in [0.1, 0.15) is 6.04 Å². The number of aliphatic hydroxyl groups is 1. The Morgan fingerprint density at radius 2 is 2.36 bits per heavy atom. The van der Waals surface area contributed by atoms with Crippen molar-refractivity contribution in [3.05, 3.63) is 0 Å². The van der Waals surface area contributed by atoms with Gasteiger partial charge in [0.15, 0.2) is 0 Å². The predicted molar refractivity (Wildman–Crippen MR) is 39.0 cm³/mol. The molecule has 1 rings (SSSR count). The number of esters is 1. The van der Waals surface area contributed by atoms with Gasteiger partial charge in [-0.05, 0) is 13.3 Å². The molecule has 0 saturated carbocycles. The summed E-state index contributed by atoms with van der Waals surface area (Å²) >= 11 is 0. The smallest absolute Gasteiger partial charge is 0.325 e. The summed E-state index contributed by atoms with van der Waals surface area (Å²) in [4.78, 5) is 10.9. The Hall–Kier alpha value is -0.610. The highest BCUT2D eigenvalue weighted by Crippen LogP contribution is 2.13. The van der Waals surface area contributed by atoms with Gasteiger partial charge in [-0.15, -0.1) is 0 Å². The van der Waals surface area contributed by atoms with E-state index in [0.29, 0.717) is 6.42 Å². The molecular weight excluding hydrogens is 146 g/mol. The number of methoxy groups -OCH3 is 1. The molecule has 0 aromatic carbocycles. The van der Waals surface area contributed by atoms with Gasteiger partial charge in [-0.3, -0.25) is 10.1 Å². The summed E-state index contributed by atoms with van der Waals surface area (Å²) in [5, 5.41) is 12.2. The minimum absolute atomic E-state index is 0.189. The van der Waals surface area contributed by atoms with E-state index in [1.165, 1.54) is 7.11 Å². The zero-order valence-electron chi connectivity index (χ0n) is 6.70. The number of nitrogens with one attached hydrogen (secondary N) is 1. The van der Waals surface area contributed by atoms with Crippen LogP contribution >= 0.6 is 0 Å². The number of hydrogen-bond acceptors (Lipinski definition) is 4. The maximum atomic E-state index is 10.9. The third-order valence-corrected chi connectivity index (χ3v) is 1.90. The highest BCUT2D eigenvalue weighted by Gasteiger charge is 2.35. The number of carbonyl (C=O) groups is 1. The van der Waals surface area contributed by atoms with Crippen LogP contribution in [0.3, 0.4) is 0 Å². The molecule has 4 heteroatoms. The molecular formula is C7H13NO3. The zero-order chi connectivity index (χ0) is 8.43. The Morgan fingerprint density at radius 3 is 2.73 bits per heavy atom. The molecule has 1 aliphatic rings. The van der Waals surface area contributed by atoms with Crippen molar-refractivity contribution in [3.8, 4) is 0 Å². The molecule has 0 aromatic heterocycles. The van der Waals surface area contributed by atoms with E-state index < -0.39 is 12.1 Å². The number of rotatable bonds is 1. The molecule has 4 nitrogen and oxygen atoms in total. The maximum absolute atomic E-state index is 10.9. The third kappa shape index (κ3) is 1.70. The molecule has 0 radical (unpaired) electrons. The van der Waals surface area contributed by atoms with Crippen LogP contribution < -0.4 is 5.32 Å². The first-order valence-electron chi connectivity index (χ1n) is 3.67. The first kappa shape index (κ1) is 8.49. The van der Waals surface area contributed by atoms with Crippen LogP contribution in [0.2, 0.25) is 0 Å². The summed E-state index contributed by atoms with van der Waals surface area (Å²) in [5.41, 5.74) is 0. The van der Waals surface area contributed by atoms with E-state index in [9.17, 15) is 9.90 Å². The second-order valence-corrected chi connectivity index (χ2v) is 2.87. The van der Waals surface area contributed by atoms with Crippen molar-refractivity contribution in [3.63, 3.8) is 0 Å². The first-order valence-corrected chi connectivity index (χ1v) is 3.67. The van der Waals surface area contributed by atoms with Gasteiger partial charge in [-0.1, -0.05) is 0 Å². The fourth-order valence-corrected chi connectivity index (χ4v) is 1.34. The summed E-state index contributed by atoms with van der Waals surface area (Å²) in [7, 11) is 1.32. The van der Waals surface area contributed by atoms with Gasteiger partial charge in [0.2, 0.25) is 0 Å². The SMILES string of the molecule is COC(=O)[C@H]1N[C@H](C)C[C@@H]1O. The molecule has 0 bridgehead atoms. The summed E-state index contributed by atoms with van der Waals surface area (Å²) < 4.78 is 4.49. The quantitative estimate of drug-likeness (QED) is 0.495. The third-order valence-electron chi connectivity index (χ3n) is 1.90. The van der Waals surface area contributed by atoms with Gasteiger partial charge in [0, 0.05) is 6.04 Å². The molecule has 1 aliphatic heterocycles. The van der Waals surface area contributed by atoms with Crippen LogP contribution in [0, 0.1) is 0 Å². The van der Waals surface area contributed by atoms with Crippen molar-refractivity contribution in [2.45, 2.75) is 31.5 Å². The Bertz CT molecular complexity index is 160. The molecule has 0 spiro atoms. The number of hydrogen-bond donors (Lipinski definition) is 2. The van der Waals surface area contributed by atoms with Gasteiger partial charge in [0.05, 0.1) is 13.2 Å². The van der Waals surface area contributed by atoms with Crippen LogP contribution in [0.25, 0.3) is 0 Å². The average Bonchev–Trinajstić information content (AvgIpc) is 2.28. The molecule has 1 fully saturated rings. The highest BCUT2D eigenvalue weighted by atomic mass is 16.5. The van der Waals surface area contributed by atoms with Crippen LogP contribution in [-0.2, 0) is 9.53 Å². The second-order valence-electron chi connectivity index (χ2n) is 2.87. The van der Waals surface area contributed by atoms with Crippen molar-refractivity contribution in [2.75, 3.05) is 7.11 Å². The van der Waals surface area contributed by atoms with Crippen LogP contribution in [0.1, 0.15) is 13.3 Å². The van der Waals surface area contributed by atoms with Crippen LogP contribution in [-0.4, -0.2) is 36.4 Å². The monoisotopic (exact) mass is 159 g/mol. The van der Waals surface area contributed by atoms with Crippen molar-refractivity contribution in [1.82, 2.24) is 5.32 Å². The number of aliphatic hydroxyl groups excluding tert-OH is 1. The summed E-state index contributed by atoms with van der Waals surface area (Å²) in [5.74, 6) is -0.387. The topological polar surface area (TPSA) is 58.6 Å². The molecule has 64 valence electrons. The average molecular weight is 159 g/mol. The molecule has 0 aromatic rings. The van der Waals surface area contributed by atoms with Crippen LogP contribution in [0.5, 0.6) is 0 Å². The Kier molecular flexibility index (Phi) is 2.46. The summed E-state index contributed by atoms with van der Waals surface area (Å²) in [6, 6.07) is -0.343. The lowest BCUT2D eigenvalue weighted by molar-refractivity contribution is -0.144. The van der Waals surface area contributed by atoms with Crippen LogP contribution in [0.15, 0.2) is 0 Å². The molecule has 0 aliphatic carbocycles. The second kappa shape index (κ2) is 3.19. The van der Waals surface area contributed by atoms with E-state index in [2.05, 4.69) is 10.1 Å². The van der Waals surface area contributed by atoms with Crippen molar-refractivity contribution < 1.29 is 14.6 Å². The predicted octanol–water partition coefficient (Wildman–Crippen LogP) is -0.729. The molecule has 1 heterocycles. The number of carbonyl (C=O) groups excluding carboxylic acids is 1. The maximum Gasteiger partial charge on any atom is 0.325 e. The molecule has 3 atom stereocenters.